The first-order chi connectivity index (χ1) is 9.58. The number of hydrogen-bond acceptors (Lipinski definition) is 6. The van der Waals surface area contributed by atoms with Crippen molar-refractivity contribution in [2.45, 2.75) is 24.4 Å². The van der Waals surface area contributed by atoms with Crippen molar-refractivity contribution in [3.05, 3.63) is 39.8 Å². The van der Waals surface area contributed by atoms with Crippen LogP contribution in [-0.2, 0) is 4.74 Å². The SMILES string of the molecule is NC/C=C/c1c[nH]c(=O)c([C@@H]2O[C@H](CO)[C@@H](O)[C@H]2O)c1. The molecule has 2 rings (SSSR count). The summed E-state index contributed by atoms with van der Waals surface area (Å²) in [5, 5.41) is 28.7. The summed E-state index contributed by atoms with van der Waals surface area (Å²) in [6.07, 6.45) is 0.582. The number of aromatic amines is 1. The molecule has 6 N–H and O–H groups in total. The zero-order valence-electron chi connectivity index (χ0n) is 10.8. The van der Waals surface area contributed by atoms with E-state index < -0.39 is 36.6 Å². The minimum Gasteiger partial charge on any atom is -0.394 e. The summed E-state index contributed by atoms with van der Waals surface area (Å²) in [6.45, 7) is -0.0677. The highest BCUT2D eigenvalue weighted by Crippen LogP contribution is 2.32. The van der Waals surface area contributed by atoms with E-state index in [4.69, 9.17) is 15.6 Å². The van der Waals surface area contributed by atoms with Crippen molar-refractivity contribution in [1.82, 2.24) is 4.98 Å². The fourth-order valence-electron chi connectivity index (χ4n) is 2.19. The molecule has 0 aromatic carbocycles. The summed E-state index contributed by atoms with van der Waals surface area (Å²) < 4.78 is 5.34. The van der Waals surface area contributed by atoms with Crippen LogP contribution in [-0.4, -0.2) is 51.8 Å². The van der Waals surface area contributed by atoms with Crippen molar-refractivity contribution in [2.24, 2.45) is 5.73 Å². The van der Waals surface area contributed by atoms with Crippen molar-refractivity contribution in [3.8, 4) is 0 Å². The van der Waals surface area contributed by atoms with Crippen LogP contribution in [0.25, 0.3) is 6.08 Å². The van der Waals surface area contributed by atoms with Gasteiger partial charge in [0.15, 0.2) is 0 Å². The lowest BCUT2D eigenvalue weighted by Crippen LogP contribution is -2.33. The highest BCUT2D eigenvalue weighted by Gasteiger charge is 2.43. The van der Waals surface area contributed by atoms with Crippen molar-refractivity contribution in [1.29, 1.82) is 0 Å². The Labute approximate surface area is 115 Å². The number of hydrogen-bond donors (Lipinski definition) is 5. The zero-order valence-corrected chi connectivity index (χ0v) is 10.8. The molecule has 1 aromatic heterocycles. The van der Waals surface area contributed by atoms with Gasteiger partial charge in [-0.15, -0.1) is 0 Å². The van der Waals surface area contributed by atoms with Crippen LogP contribution in [0.15, 0.2) is 23.1 Å². The maximum atomic E-state index is 11.8. The molecule has 1 fully saturated rings. The second kappa shape index (κ2) is 6.29. The normalized spacial score (nSPS) is 30.2. The third-order valence-electron chi connectivity index (χ3n) is 3.25. The second-order valence-electron chi connectivity index (χ2n) is 4.61. The van der Waals surface area contributed by atoms with Gasteiger partial charge in [0.25, 0.3) is 5.56 Å². The molecule has 110 valence electrons. The highest BCUT2D eigenvalue weighted by atomic mass is 16.6. The Balaban J connectivity index is 2.32. The molecule has 1 aromatic rings. The van der Waals surface area contributed by atoms with E-state index >= 15 is 0 Å². The van der Waals surface area contributed by atoms with Crippen LogP contribution in [0.5, 0.6) is 0 Å². The minimum absolute atomic E-state index is 0.201. The van der Waals surface area contributed by atoms with E-state index in [0.717, 1.165) is 0 Å². The summed E-state index contributed by atoms with van der Waals surface area (Å²) in [5.41, 5.74) is 5.84. The van der Waals surface area contributed by atoms with Crippen LogP contribution >= 0.6 is 0 Å². The van der Waals surface area contributed by atoms with E-state index in [9.17, 15) is 15.0 Å². The third kappa shape index (κ3) is 2.82. The molecule has 0 unspecified atom stereocenters. The van der Waals surface area contributed by atoms with Crippen molar-refractivity contribution in [3.63, 3.8) is 0 Å². The predicted octanol–water partition coefficient (Wildman–Crippen LogP) is -1.50. The number of ether oxygens (including phenoxy) is 1. The summed E-state index contributed by atoms with van der Waals surface area (Å²) in [6, 6.07) is 1.56. The topological polar surface area (TPSA) is 129 Å². The van der Waals surface area contributed by atoms with Gasteiger partial charge >= 0.3 is 0 Å². The van der Waals surface area contributed by atoms with Crippen molar-refractivity contribution >= 4 is 6.08 Å². The maximum Gasteiger partial charge on any atom is 0.253 e. The molecule has 0 amide bonds. The summed E-state index contributed by atoms with van der Waals surface area (Å²) in [4.78, 5) is 14.4. The van der Waals surface area contributed by atoms with Crippen LogP contribution < -0.4 is 11.3 Å². The number of nitrogens with two attached hydrogens (primary N) is 1. The Bertz CT molecular complexity index is 542. The molecule has 20 heavy (non-hydrogen) atoms. The quantitative estimate of drug-likeness (QED) is 0.457. The molecule has 1 saturated heterocycles. The smallest absolute Gasteiger partial charge is 0.253 e. The molecule has 0 bridgehead atoms. The molecule has 0 saturated carbocycles. The molecule has 1 aliphatic heterocycles. The Kier molecular flexibility index (Phi) is 4.69. The minimum atomic E-state index is -1.26. The summed E-state index contributed by atoms with van der Waals surface area (Å²) >= 11 is 0. The summed E-state index contributed by atoms with van der Waals surface area (Å²) in [5.74, 6) is 0. The van der Waals surface area contributed by atoms with E-state index in [1.54, 1.807) is 18.2 Å². The maximum absolute atomic E-state index is 11.8. The van der Waals surface area contributed by atoms with E-state index in [2.05, 4.69) is 4.98 Å². The van der Waals surface area contributed by atoms with Gasteiger partial charge in [-0.1, -0.05) is 12.2 Å². The first kappa shape index (κ1) is 14.9. The first-order valence-corrected chi connectivity index (χ1v) is 6.30. The Morgan fingerprint density at radius 3 is 2.75 bits per heavy atom. The highest BCUT2D eigenvalue weighted by molar-refractivity contribution is 5.49. The molecular formula is C13H18N2O5. The third-order valence-corrected chi connectivity index (χ3v) is 3.25. The molecule has 0 aliphatic carbocycles. The van der Waals surface area contributed by atoms with Gasteiger partial charge in [-0.3, -0.25) is 4.79 Å². The fraction of sp³-hybridized carbons (Fsp3) is 0.462. The summed E-state index contributed by atoms with van der Waals surface area (Å²) in [7, 11) is 0. The molecular weight excluding hydrogens is 264 g/mol. The number of rotatable bonds is 4. The van der Waals surface area contributed by atoms with E-state index in [0.29, 0.717) is 12.1 Å². The number of pyridine rings is 1. The molecule has 0 radical (unpaired) electrons. The standard InChI is InChI=1S/C13H18N2O5/c14-3-1-2-7-4-8(13(19)15-5-7)12-11(18)10(17)9(6-16)20-12/h1-2,4-5,9-12,16-18H,3,6,14H2,(H,15,19)/b2-1+/t9-,10-,11-,12+/m1/s1. The van der Waals surface area contributed by atoms with Gasteiger partial charge in [-0.2, -0.15) is 0 Å². The van der Waals surface area contributed by atoms with Gasteiger partial charge in [0.2, 0.25) is 0 Å². The average molecular weight is 282 g/mol. The lowest BCUT2D eigenvalue weighted by atomic mass is 10.0. The number of H-pyrrole nitrogens is 1. The van der Waals surface area contributed by atoms with Crippen LogP contribution in [0.3, 0.4) is 0 Å². The molecule has 0 spiro atoms. The van der Waals surface area contributed by atoms with Crippen LogP contribution in [0.2, 0.25) is 0 Å². The van der Waals surface area contributed by atoms with E-state index in [1.807, 2.05) is 0 Å². The fourth-order valence-corrected chi connectivity index (χ4v) is 2.19. The van der Waals surface area contributed by atoms with Gasteiger partial charge < -0.3 is 30.8 Å². The Morgan fingerprint density at radius 2 is 2.15 bits per heavy atom. The molecule has 1 aliphatic rings. The number of aliphatic hydroxyl groups excluding tert-OH is 3. The molecule has 7 nitrogen and oxygen atoms in total. The van der Waals surface area contributed by atoms with E-state index in [-0.39, 0.29) is 5.56 Å². The lowest BCUT2D eigenvalue weighted by molar-refractivity contribution is -0.0231. The molecule has 2 heterocycles. The van der Waals surface area contributed by atoms with Crippen LogP contribution in [0.1, 0.15) is 17.2 Å². The zero-order chi connectivity index (χ0) is 14.7. The first-order valence-electron chi connectivity index (χ1n) is 6.30. The van der Waals surface area contributed by atoms with Gasteiger partial charge in [0, 0.05) is 18.3 Å². The largest absolute Gasteiger partial charge is 0.394 e. The number of nitrogens with one attached hydrogen (secondary N) is 1. The van der Waals surface area contributed by atoms with E-state index in [1.165, 1.54) is 6.20 Å². The predicted molar refractivity (Wildman–Crippen MR) is 71.9 cm³/mol. The number of aromatic nitrogens is 1. The van der Waals surface area contributed by atoms with Gasteiger partial charge in [-0.25, -0.2) is 0 Å². The van der Waals surface area contributed by atoms with Gasteiger partial charge in [0.1, 0.15) is 24.4 Å². The number of aliphatic hydroxyl groups is 3. The Morgan fingerprint density at radius 1 is 1.40 bits per heavy atom. The van der Waals surface area contributed by atoms with Crippen molar-refractivity contribution < 1.29 is 20.1 Å². The van der Waals surface area contributed by atoms with Gasteiger partial charge in [0.05, 0.1) is 6.61 Å². The van der Waals surface area contributed by atoms with Crippen LogP contribution in [0.4, 0.5) is 0 Å². The second-order valence-corrected chi connectivity index (χ2v) is 4.61. The van der Waals surface area contributed by atoms with Gasteiger partial charge in [-0.05, 0) is 11.6 Å². The molecule has 7 heteroatoms. The van der Waals surface area contributed by atoms with Crippen molar-refractivity contribution in [2.75, 3.05) is 13.2 Å². The monoisotopic (exact) mass is 282 g/mol. The van der Waals surface area contributed by atoms with Crippen LogP contribution in [0, 0.1) is 0 Å². The lowest BCUT2D eigenvalue weighted by Gasteiger charge is -2.14. The average Bonchev–Trinajstić information content (AvgIpc) is 2.74. The Hall–Kier alpha value is -1.51. The molecule has 4 atom stereocenters.